The fourth-order valence-electron chi connectivity index (χ4n) is 2.52. The number of nitrogens with one attached hydrogen (secondary N) is 1. The molecule has 27 heavy (non-hydrogen) atoms. The van der Waals surface area contributed by atoms with Crippen molar-refractivity contribution >= 4 is 23.1 Å². The van der Waals surface area contributed by atoms with Crippen LogP contribution in [0.3, 0.4) is 0 Å². The predicted molar refractivity (Wildman–Crippen MR) is 108 cm³/mol. The highest BCUT2D eigenvalue weighted by Crippen LogP contribution is 2.38. The molecule has 0 fully saturated rings. The average Bonchev–Trinajstić information content (AvgIpc) is 2.71. The first kappa shape index (κ1) is 20.1. The van der Waals surface area contributed by atoms with E-state index in [1.807, 2.05) is 43.1 Å². The highest BCUT2D eigenvalue weighted by Gasteiger charge is 2.17. The van der Waals surface area contributed by atoms with Crippen LogP contribution in [0.5, 0.6) is 17.2 Å². The van der Waals surface area contributed by atoms with Gasteiger partial charge >= 0.3 is 0 Å². The van der Waals surface area contributed by atoms with Crippen molar-refractivity contribution in [2.75, 3.05) is 45.6 Å². The van der Waals surface area contributed by atoms with Gasteiger partial charge in [0.2, 0.25) is 5.75 Å². The summed E-state index contributed by atoms with van der Waals surface area (Å²) in [5, 5.41) is 2.87. The number of carbonyl (C=O) groups excluding carboxylic acids is 1. The summed E-state index contributed by atoms with van der Waals surface area (Å²) in [5.74, 6) is 1.91. The van der Waals surface area contributed by atoms with Crippen LogP contribution in [0.15, 0.2) is 41.4 Å². The molecule has 2 rings (SSSR count). The lowest BCUT2D eigenvalue weighted by Gasteiger charge is -2.19. The number of benzene rings is 2. The van der Waals surface area contributed by atoms with E-state index in [2.05, 4.69) is 10.3 Å². The quantitative estimate of drug-likeness (QED) is 0.622. The van der Waals surface area contributed by atoms with Crippen LogP contribution in [0.2, 0.25) is 0 Å². The monoisotopic (exact) mass is 371 g/mol. The summed E-state index contributed by atoms with van der Waals surface area (Å²) < 4.78 is 15.9. The van der Waals surface area contributed by atoms with Crippen LogP contribution in [0.1, 0.15) is 17.3 Å². The minimum atomic E-state index is -0.276. The largest absolute Gasteiger partial charge is 0.493 e. The molecule has 0 aliphatic heterocycles. The van der Waals surface area contributed by atoms with E-state index < -0.39 is 0 Å². The van der Waals surface area contributed by atoms with Gasteiger partial charge in [0.05, 0.1) is 27.2 Å². The third-order valence-corrected chi connectivity index (χ3v) is 4.25. The molecule has 0 aliphatic carbocycles. The van der Waals surface area contributed by atoms with Crippen LogP contribution >= 0.6 is 0 Å². The van der Waals surface area contributed by atoms with Gasteiger partial charge in [-0.05, 0) is 43.3 Å². The molecular weight excluding hydrogens is 346 g/mol. The molecule has 0 bridgehead atoms. The van der Waals surface area contributed by atoms with Gasteiger partial charge in [0, 0.05) is 31.0 Å². The van der Waals surface area contributed by atoms with Crippen molar-refractivity contribution in [3.8, 4) is 17.2 Å². The van der Waals surface area contributed by atoms with Crippen molar-refractivity contribution in [2.24, 2.45) is 4.99 Å². The predicted octanol–water partition coefficient (Wildman–Crippen LogP) is 3.45. The van der Waals surface area contributed by atoms with Crippen molar-refractivity contribution in [1.29, 1.82) is 0 Å². The van der Waals surface area contributed by atoms with E-state index >= 15 is 0 Å². The number of ether oxygens (including phenoxy) is 3. The normalized spacial score (nSPS) is 11.0. The van der Waals surface area contributed by atoms with Crippen LogP contribution in [0, 0.1) is 0 Å². The third kappa shape index (κ3) is 4.49. The second-order valence-corrected chi connectivity index (χ2v) is 5.74. The Kier molecular flexibility index (Phi) is 6.65. The fraction of sp³-hybridized carbons (Fsp3) is 0.300. The second-order valence-electron chi connectivity index (χ2n) is 5.74. The van der Waals surface area contributed by atoms with Gasteiger partial charge in [0.15, 0.2) is 11.5 Å². The lowest BCUT2D eigenvalue weighted by Crippen LogP contribution is -2.23. The number of carbonyl (C=O) groups is 1. The molecule has 0 aliphatic rings. The highest BCUT2D eigenvalue weighted by molar-refractivity contribution is 6.05. The zero-order valence-corrected chi connectivity index (χ0v) is 16.5. The number of hydrogen-bond acceptors (Lipinski definition) is 5. The average molecular weight is 371 g/mol. The molecule has 7 heteroatoms. The lowest BCUT2D eigenvalue weighted by atomic mass is 10.1. The molecule has 7 nitrogen and oxygen atoms in total. The number of anilines is 2. The maximum atomic E-state index is 12.6. The molecule has 0 unspecified atom stereocenters. The van der Waals surface area contributed by atoms with Gasteiger partial charge in [-0.1, -0.05) is 0 Å². The van der Waals surface area contributed by atoms with Gasteiger partial charge in [-0.25, -0.2) is 0 Å². The second kappa shape index (κ2) is 8.93. The number of nitrogens with zero attached hydrogens (tertiary/aromatic N) is 2. The van der Waals surface area contributed by atoms with E-state index in [0.717, 1.165) is 11.5 Å². The SMILES string of the molecule is CN=C(C)N(C)c1ccc(NC(=O)c2cc(OC)c(OC)c(OC)c2)cc1. The molecule has 2 aromatic rings. The number of amides is 1. The van der Waals surface area contributed by atoms with E-state index in [0.29, 0.717) is 28.5 Å². The standard InChI is InChI=1S/C20H25N3O4/c1-13(21-2)23(3)16-9-7-15(8-10-16)22-20(24)14-11-17(25-4)19(27-6)18(12-14)26-5/h7-12H,1-6H3,(H,22,24). The molecule has 2 aromatic carbocycles. The zero-order chi connectivity index (χ0) is 20.0. The number of amidine groups is 1. The van der Waals surface area contributed by atoms with Crippen molar-refractivity contribution in [2.45, 2.75) is 6.92 Å². The number of aliphatic imine (C=N–C) groups is 1. The molecule has 0 atom stereocenters. The summed E-state index contributed by atoms with van der Waals surface area (Å²) in [6.07, 6.45) is 0. The fourth-order valence-corrected chi connectivity index (χ4v) is 2.52. The van der Waals surface area contributed by atoms with Crippen molar-refractivity contribution in [1.82, 2.24) is 0 Å². The number of rotatable bonds is 6. The Morgan fingerprint density at radius 2 is 1.56 bits per heavy atom. The van der Waals surface area contributed by atoms with Gasteiger partial charge in [-0.2, -0.15) is 0 Å². The van der Waals surface area contributed by atoms with Gasteiger partial charge in [-0.15, -0.1) is 0 Å². The molecular formula is C20H25N3O4. The molecule has 0 saturated heterocycles. The van der Waals surface area contributed by atoms with E-state index in [1.165, 1.54) is 21.3 Å². The van der Waals surface area contributed by atoms with Crippen molar-refractivity contribution in [3.05, 3.63) is 42.0 Å². The Labute approximate surface area is 159 Å². The Morgan fingerprint density at radius 1 is 1.00 bits per heavy atom. The molecule has 0 spiro atoms. The van der Waals surface area contributed by atoms with Crippen LogP contribution < -0.4 is 24.4 Å². The minimum absolute atomic E-state index is 0.276. The van der Waals surface area contributed by atoms with Crippen molar-refractivity contribution in [3.63, 3.8) is 0 Å². The first-order valence-electron chi connectivity index (χ1n) is 8.33. The summed E-state index contributed by atoms with van der Waals surface area (Å²) in [5.41, 5.74) is 2.06. The first-order valence-corrected chi connectivity index (χ1v) is 8.33. The summed E-state index contributed by atoms with van der Waals surface area (Å²) in [6, 6.07) is 10.7. The molecule has 0 saturated carbocycles. The molecule has 1 amide bonds. The van der Waals surface area contributed by atoms with Crippen molar-refractivity contribution < 1.29 is 19.0 Å². The van der Waals surface area contributed by atoms with Gasteiger partial charge in [0.25, 0.3) is 5.91 Å². The highest BCUT2D eigenvalue weighted by atomic mass is 16.5. The smallest absolute Gasteiger partial charge is 0.255 e. The van der Waals surface area contributed by atoms with E-state index in [1.54, 1.807) is 19.2 Å². The number of hydrogen-bond donors (Lipinski definition) is 1. The molecule has 0 aromatic heterocycles. The third-order valence-electron chi connectivity index (χ3n) is 4.25. The van der Waals surface area contributed by atoms with Crippen LogP contribution in [0.4, 0.5) is 11.4 Å². The molecule has 1 N–H and O–H groups in total. The molecule has 0 heterocycles. The Balaban J connectivity index is 2.22. The van der Waals surface area contributed by atoms with Gasteiger partial charge < -0.3 is 24.4 Å². The minimum Gasteiger partial charge on any atom is -0.493 e. The zero-order valence-electron chi connectivity index (χ0n) is 16.5. The first-order chi connectivity index (χ1) is 12.9. The van der Waals surface area contributed by atoms with Gasteiger partial charge in [0.1, 0.15) is 0 Å². The molecule has 144 valence electrons. The van der Waals surface area contributed by atoms with E-state index in [-0.39, 0.29) is 5.91 Å². The van der Waals surface area contributed by atoms with Crippen LogP contribution in [0.25, 0.3) is 0 Å². The van der Waals surface area contributed by atoms with E-state index in [9.17, 15) is 4.79 Å². The maximum absolute atomic E-state index is 12.6. The molecule has 0 radical (unpaired) electrons. The van der Waals surface area contributed by atoms with E-state index in [4.69, 9.17) is 14.2 Å². The van der Waals surface area contributed by atoms with Crippen LogP contribution in [-0.2, 0) is 0 Å². The Morgan fingerprint density at radius 3 is 2.00 bits per heavy atom. The Hall–Kier alpha value is -3.22. The summed E-state index contributed by atoms with van der Waals surface area (Å²) in [7, 11) is 8.22. The lowest BCUT2D eigenvalue weighted by molar-refractivity contribution is 0.102. The maximum Gasteiger partial charge on any atom is 0.255 e. The summed E-state index contributed by atoms with van der Waals surface area (Å²) in [4.78, 5) is 18.8. The van der Waals surface area contributed by atoms with Crippen LogP contribution in [-0.4, -0.2) is 47.2 Å². The Bertz CT molecular complexity index is 807. The summed E-state index contributed by atoms with van der Waals surface area (Å²) in [6.45, 7) is 1.93. The van der Waals surface area contributed by atoms with Gasteiger partial charge in [-0.3, -0.25) is 9.79 Å². The number of methoxy groups -OCH3 is 3. The summed E-state index contributed by atoms with van der Waals surface area (Å²) >= 11 is 0. The topological polar surface area (TPSA) is 72.4 Å².